The van der Waals surface area contributed by atoms with Crippen molar-refractivity contribution < 1.29 is 4.74 Å². The summed E-state index contributed by atoms with van der Waals surface area (Å²) in [7, 11) is 4.23. The molecule has 0 aromatic heterocycles. The lowest BCUT2D eigenvalue weighted by molar-refractivity contribution is 0.188. The molecule has 2 unspecified atom stereocenters. The van der Waals surface area contributed by atoms with Gasteiger partial charge in [0.25, 0.3) is 0 Å². The summed E-state index contributed by atoms with van der Waals surface area (Å²) in [6, 6.07) is 8.80. The molecule has 0 bridgehead atoms. The molecule has 2 atom stereocenters. The standard InChI is InChI=1S/C15H24N2O/c1-12-11-18-14-8-5-4-7-13(14)15(12)16-9-6-10-17(2)3/h4-5,7-8,12,15-16H,6,9-11H2,1-3H3. The molecule has 1 aromatic carbocycles. The van der Waals surface area contributed by atoms with E-state index in [1.165, 1.54) is 12.0 Å². The van der Waals surface area contributed by atoms with Crippen molar-refractivity contribution in [1.82, 2.24) is 10.2 Å². The first-order chi connectivity index (χ1) is 8.68. The van der Waals surface area contributed by atoms with E-state index in [0.717, 1.165) is 25.4 Å². The van der Waals surface area contributed by atoms with Gasteiger partial charge in [-0.15, -0.1) is 0 Å². The molecule has 0 amide bonds. The predicted octanol–water partition coefficient (Wildman–Crippen LogP) is 2.30. The van der Waals surface area contributed by atoms with Crippen molar-refractivity contribution in [3.8, 4) is 5.75 Å². The minimum atomic E-state index is 0.428. The maximum absolute atomic E-state index is 5.76. The van der Waals surface area contributed by atoms with Crippen LogP contribution >= 0.6 is 0 Å². The highest BCUT2D eigenvalue weighted by Crippen LogP contribution is 2.34. The number of hydrogen-bond donors (Lipinski definition) is 1. The smallest absolute Gasteiger partial charge is 0.124 e. The minimum absolute atomic E-state index is 0.428. The second-order valence-electron chi connectivity index (χ2n) is 5.41. The topological polar surface area (TPSA) is 24.5 Å². The average Bonchev–Trinajstić information content (AvgIpc) is 2.36. The number of nitrogens with zero attached hydrogens (tertiary/aromatic N) is 1. The zero-order chi connectivity index (χ0) is 13.0. The summed E-state index contributed by atoms with van der Waals surface area (Å²) in [6.45, 7) is 5.25. The number of rotatable bonds is 5. The van der Waals surface area contributed by atoms with Gasteiger partial charge in [-0.1, -0.05) is 25.1 Å². The van der Waals surface area contributed by atoms with Gasteiger partial charge in [-0.2, -0.15) is 0 Å². The van der Waals surface area contributed by atoms with Crippen LogP contribution < -0.4 is 10.1 Å². The van der Waals surface area contributed by atoms with Gasteiger partial charge in [-0.05, 0) is 39.7 Å². The zero-order valence-electron chi connectivity index (χ0n) is 11.6. The number of fused-ring (bicyclic) bond motifs is 1. The Kier molecular flexibility index (Phi) is 4.61. The summed E-state index contributed by atoms with van der Waals surface area (Å²) in [5, 5.41) is 3.68. The van der Waals surface area contributed by atoms with Gasteiger partial charge in [0.1, 0.15) is 5.75 Å². The second-order valence-corrected chi connectivity index (χ2v) is 5.41. The molecule has 1 N–H and O–H groups in total. The molecule has 0 aliphatic carbocycles. The number of ether oxygens (including phenoxy) is 1. The van der Waals surface area contributed by atoms with Crippen LogP contribution in [-0.2, 0) is 0 Å². The van der Waals surface area contributed by atoms with E-state index in [0.29, 0.717) is 12.0 Å². The van der Waals surface area contributed by atoms with Crippen LogP contribution in [0.3, 0.4) is 0 Å². The average molecular weight is 248 g/mol. The van der Waals surface area contributed by atoms with E-state index in [-0.39, 0.29) is 0 Å². The Hall–Kier alpha value is -1.06. The summed E-state index contributed by atoms with van der Waals surface area (Å²) in [6.07, 6.45) is 1.18. The Labute approximate surface area is 110 Å². The highest BCUT2D eigenvalue weighted by Gasteiger charge is 2.26. The summed E-state index contributed by atoms with van der Waals surface area (Å²) >= 11 is 0. The molecule has 3 heteroatoms. The molecule has 2 rings (SSSR count). The molecule has 1 heterocycles. The first kappa shape index (κ1) is 13.4. The first-order valence-corrected chi connectivity index (χ1v) is 6.78. The molecule has 18 heavy (non-hydrogen) atoms. The molecule has 1 aromatic rings. The van der Waals surface area contributed by atoms with Crippen LogP contribution in [0.2, 0.25) is 0 Å². The normalized spacial score (nSPS) is 22.7. The molecule has 3 nitrogen and oxygen atoms in total. The van der Waals surface area contributed by atoms with Crippen molar-refractivity contribution in [3.63, 3.8) is 0 Å². The van der Waals surface area contributed by atoms with Gasteiger partial charge < -0.3 is 15.0 Å². The van der Waals surface area contributed by atoms with Crippen LogP contribution in [0.1, 0.15) is 24.9 Å². The molecule has 0 fully saturated rings. The molecule has 0 spiro atoms. The van der Waals surface area contributed by atoms with Gasteiger partial charge in [0.2, 0.25) is 0 Å². The predicted molar refractivity (Wildman–Crippen MR) is 75.0 cm³/mol. The van der Waals surface area contributed by atoms with Crippen molar-refractivity contribution in [2.24, 2.45) is 5.92 Å². The zero-order valence-corrected chi connectivity index (χ0v) is 11.6. The minimum Gasteiger partial charge on any atom is -0.493 e. The second kappa shape index (κ2) is 6.21. The first-order valence-electron chi connectivity index (χ1n) is 6.78. The van der Waals surface area contributed by atoms with Crippen molar-refractivity contribution in [2.45, 2.75) is 19.4 Å². The van der Waals surface area contributed by atoms with Gasteiger partial charge in [0.05, 0.1) is 6.61 Å². The molecule has 1 aliphatic rings. The Morgan fingerprint density at radius 2 is 2.11 bits per heavy atom. The third kappa shape index (κ3) is 3.24. The number of benzene rings is 1. The van der Waals surface area contributed by atoms with Crippen LogP contribution in [0.15, 0.2) is 24.3 Å². The lowest BCUT2D eigenvalue weighted by atomic mass is 9.92. The quantitative estimate of drug-likeness (QED) is 0.809. The lowest BCUT2D eigenvalue weighted by Gasteiger charge is -2.32. The van der Waals surface area contributed by atoms with E-state index < -0.39 is 0 Å². The number of nitrogens with one attached hydrogen (secondary N) is 1. The van der Waals surface area contributed by atoms with E-state index in [1.54, 1.807) is 0 Å². The largest absolute Gasteiger partial charge is 0.493 e. The fourth-order valence-electron chi connectivity index (χ4n) is 2.46. The van der Waals surface area contributed by atoms with Crippen LogP contribution in [0.5, 0.6) is 5.75 Å². The Morgan fingerprint density at radius 1 is 1.33 bits per heavy atom. The molecule has 0 saturated carbocycles. The Bertz CT molecular complexity index is 379. The Balaban J connectivity index is 1.94. The fraction of sp³-hybridized carbons (Fsp3) is 0.600. The van der Waals surface area contributed by atoms with Gasteiger partial charge in [-0.25, -0.2) is 0 Å². The maximum atomic E-state index is 5.76. The van der Waals surface area contributed by atoms with Crippen LogP contribution in [0.4, 0.5) is 0 Å². The summed E-state index contributed by atoms with van der Waals surface area (Å²) in [5.74, 6) is 1.57. The molecule has 1 aliphatic heterocycles. The van der Waals surface area contributed by atoms with Crippen molar-refractivity contribution in [2.75, 3.05) is 33.8 Å². The molecule has 0 radical (unpaired) electrons. The van der Waals surface area contributed by atoms with Crippen LogP contribution in [0, 0.1) is 5.92 Å². The van der Waals surface area contributed by atoms with E-state index in [4.69, 9.17) is 4.74 Å². The van der Waals surface area contributed by atoms with Gasteiger partial charge in [0, 0.05) is 17.5 Å². The summed E-state index contributed by atoms with van der Waals surface area (Å²) < 4.78 is 5.76. The third-order valence-corrected chi connectivity index (χ3v) is 3.47. The molecular formula is C15H24N2O. The highest BCUT2D eigenvalue weighted by molar-refractivity contribution is 5.37. The fourth-order valence-corrected chi connectivity index (χ4v) is 2.46. The molecular weight excluding hydrogens is 224 g/mol. The maximum Gasteiger partial charge on any atom is 0.124 e. The van der Waals surface area contributed by atoms with Crippen LogP contribution in [0.25, 0.3) is 0 Å². The van der Waals surface area contributed by atoms with E-state index in [1.807, 2.05) is 6.07 Å². The molecule has 0 saturated heterocycles. The monoisotopic (exact) mass is 248 g/mol. The van der Waals surface area contributed by atoms with Gasteiger partial charge in [0.15, 0.2) is 0 Å². The Morgan fingerprint density at radius 3 is 2.89 bits per heavy atom. The third-order valence-electron chi connectivity index (χ3n) is 3.47. The van der Waals surface area contributed by atoms with Crippen molar-refractivity contribution in [3.05, 3.63) is 29.8 Å². The van der Waals surface area contributed by atoms with E-state index >= 15 is 0 Å². The number of para-hydroxylation sites is 1. The van der Waals surface area contributed by atoms with E-state index in [2.05, 4.69) is 49.4 Å². The lowest BCUT2D eigenvalue weighted by Crippen LogP contribution is -2.35. The van der Waals surface area contributed by atoms with Crippen molar-refractivity contribution in [1.29, 1.82) is 0 Å². The molecule has 100 valence electrons. The van der Waals surface area contributed by atoms with Gasteiger partial charge in [-0.3, -0.25) is 0 Å². The SMILES string of the molecule is CC1COc2ccccc2C1NCCCN(C)C. The van der Waals surface area contributed by atoms with Gasteiger partial charge >= 0.3 is 0 Å². The number of hydrogen-bond acceptors (Lipinski definition) is 3. The summed E-state index contributed by atoms with van der Waals surface area (Å²) in [4.78, 5) is 2.23. The van der Waals surface area contributed by atoms with E-state index in [9.17, 15) is 0 Å². The summed E-state index contributed by atoms with van der Waals surface area (Å²) in [5.41, 5.74) is 1.31. The highest BCUT2D eigenvalue weighted by atomic mass is 16.5. The van der Waals surface area contributed by atoms with Crippen molar-refractivity contribution >= 4 is 0 Å². The van der Waals surface area contributed by atoms with Crippen LogP contribution in [-0.4, -0.2) is 38.7 Å².